The lowest BCUT2D eigenvalue weighted by molar-refractivity contribution is 0.0687. The second kappa shape index (κ2) is 24.6. The Hall–Kier alpha value is -8.55. The van der Waals surface area contributed by atoms with Gasteiger partial charge in [-0.05, 0) is 135 Å². The van der Waals surface area contributed by atoms with E-state index < -0.39 is 0 Å². The van der Waals surface area contributed by atoms with Gasteiger partial charge >= 0.3 is 0 Å². The van der Waals surface area contributed by atoms with Crippen LogP contribution < -0.4 is 5.32 Å². The zero-order valence-electron chi connectivity index (χ0n) is 46.9. The Balaban J connectivity index is 0.000000114. The van der Waals surface area contributed by atoms with Crippen LogP contribution in [0.3, 0.4) is 0 Å². The van der Waals surface area contributed by atoms with E-state index in [1.165, 1.54) is 5.56 Å². The van der Waals surface area contributed by atoms with Crippen LogP contribution in [-0.4, -0.2) is 88.4 Å². The molecule has 9 heterocycles. The van der Waals surface area contributed by atoms with Gasteiger partial charge < -0.3 is 51.6 Å². The molecule has 17 nitrogen and oxygen atoms in total. The lowest BCUT2D eigenvalue weighted by Gasteiger charge is -2.26. The molecule has 13 aromatic rings. The molecule has 7 aromatic carbocycles. The molecule has 6 aromatic heterocycles. The Labute approximate surface area is 494 Å². The zero-order chi connectivity index (χ0) is 57.1. The molecule has 3 saturated heterocycles. The molecule has 18 heteroatoms. The van der Waals surface area contributed by atoms with Crippen molar-refractivity contribution in [2.75, 3.05) is 39.6 Å². The highest BCUT2D eigenvalue weighted by Gasteiger charge is 2.26. The van der Waals surface area contributed by atoms with Crippen LogP contribution in [0.25, 0.3) is 101 Å². The highest BCUT2D eigenvalue weighted by molar-refractivity contribution is 6.17. The van der Waals surface area contributed by atoms with Gasteiger partial charge in [-0.15, -0.1) is 11.6 Å². The monoisotopic (exact) mass is 1150 g/mol. The first-order chi connectivity index (χ1) is 42.0. The van der Waals surface area contributed by atoms with Gasteiger partial charge in [-0.2, -0.15) is 0 Å². The average Bonchev–Trinajstić information content (AvgIpc) is 4.43. The summed E-state index contributed by atoms with van der Waals surface area (Å²) in [6.45, 7) is 6.09. The van der Waals surface area contributed by atoms with Gasteiger partial charge in [0, 0.05) is 81.0 Å². The first-order valence-corrected chi connectivity index (χ1v) is 29.8. The molecule has 0 aliphatic carbocycles. The molecule has 0 spiro atoms. The van der Waals surface area contributed by atoms with Crippen molar-refractivity contribution in [3.8, 4) is 34.4 Å². The molecule has 3 fully saturated rings. The lowest BCUT2D eigenvalue weighted by atomic mass is 10.1. The van der Waals surface area contributed by atoms with Crippen molar-refractivity contribution in [3.05, 3.63) is 181 Å². The number of aromatic nitrogens is 9. The number of aliphatic hydroxyl groups excluding tert-OH is 1. The minimum absolute atomic E-state index is 0.0791. The topological polar surface area (TPSA) is 191 Å². The number of ether oxygens (including phenoxy) is 3. The fourth-order valence-electron chi connectivity index (χ4n) is 12.1. The third-order valence-electron chi connectivity index (χ3n) is 16.3. The van der Waals surface area contributed by atoms with Crippen LogP contribution in [0.1, 0.15) is 79.7 Å². The molecule has 16 rings (SSSR count). The summed E-state index contributed by atoms with van der Waals surface area (Å²) in [6, 6.07) is 53.5. The number of imidazole rings is 3. The van der Waals surface area contributed by atoms with E-state index in [-0.39, 0.29) is 6.61 Å². The third kappa shape index (κ3) is 11.3. The molecular formula is C67H63ClN10O7. The number of fused-ring (bicyclic) bond motifs is 6. The number of hydrogen-bond donors (Lipinski definition) is 2. The van der Waals surface area contributed by atoms with Crippen molar-refractivity contribution in [2.45, 2.75) is 82.2 Å². The van der Waals surface area contributed by atoms with Crippen LogP contribution in [0.2, 0.25) is 0 Å². The molecule has 3 aliphatic rings. The van der Waals surface area contributed by atoms with Crippen molar-refractivity contribution < 1.29 is 32.6 Å². The number of benzene rings is 7. The van der Waals surface area contributed by atoms with Gasteiger partial charge in [-0.3, -0.25) is 0 Å². The standard InChI is InChI=1S/C27H26N4O2.C20H18ClN3O2.C20H19N3O3/c1-2-6-19(7-3-1)17-28-18-26-29-23-16-20(27-30-22-8-4-5-9-25(22)33-27)10-11-24(23)31(26)21-12-14-32-15-13-21;21-12-19-22-16-11-13(20-23-15-3-1-2-4-18(15)26-20)5-6-17(16)24(19)14-7-9-25-10-8-14;24-12-19-21-16-11-13(20-22-15-3-1-2-4-18(15)26-20)5-6-17(16)23(19)14-7-9-25-10-8-14/h1-11,16,21,28H,12-15,17-18H2;1-6,11,14H,7-10,12H2;1-6,11,14,24H,7-10,12H2. The summed E-state index contributed by atoms with van der Waals surface area (Å²) in [7, 11) is 0. The summed E-state index contributed by atoms with van der Waals surface area (Å²) >= 11 is 6.19. The van der Waals surface area contributed by atoms with Crippen molar-refractivity contribution in [1.82, 2.24) is 48.9 Å². The quantitative estimate of drug-likeness (QED) is 0.110. The Bertz CT molecular complexity index is 4160. The molecule has 0 radical (unpaired) electrons. The van der Waals surface area contributed by atoms with E-state index in [0.717, 1.165) is 179 Å². The largest absolute Gasteiger partial charge is 0.436 e. The molecule has 0 saturated carbocycles. The van der Waals surface area contributed by atoms with E-state index in [4.69, 9.17) is 49.0 Å². The summed E-state index contributed by atoms with van der Waals surface area (Å²) in [5.74, 6) is 4.87. The molecule has 0 unspecified atom stereocenters. The molecule has 3 aliphatic heterocycles. The van der Waals surface area contributed by atoms with Gasteiger partial charge in [0.1, 0.15) is 40.6 Å². The van der Waals surface area contributed by atoms with Crippen LogP contribution >= 0.6 is 11.6 Å². The van der Waals surface area contributed by atoms with Gasteiger partial charge in [0.15, 0.2) is 16.7 Å². The maximum absolute atomic E-state index is 9.79. The normalized spacial score (nSPS) is 15.5. The first-order valence-electron chi connectivity index (χ1n) is 29.3. The second-order valence-corrected chi connectivity index (χ2v) is 21.9. The number of nitrogens with one attached hydrogen (secondary N) is 1. The summed E-state index contributed by atoms with van der Waals surface area (Å²) in [4.78, 5) is 28.3. The zero-order valence-corrected chi connectivity index (χ0v) is 47.6. The number of oxazole rings is 3. The molecule has 0 amide bonds. The second-order valence-electron chi connectivity index (χ2n) is 21.7. The van der Waals surface area contributed by atoms with E-state index >= 15 is 0 Å². The minimum Gasteiger partial charge on any atom is -0.436 e. The van der Waals surface area contributed by atoms with E-state index in [9.17, 15) is 5.11 Å². The van der Waals surface area contributed by atoms with Crippen molar-refractivity contribution in [2.24, 2.45) is 0 Å². The van der Waals surface area contributed by atoms with Crippen LogP contribution in [0.15, 0.2) is 171 Å². The number of nitrogens with zero attached hydrogens (tertiary/aromatic N) is 9. The van der Waals surface area contributed by atoms with Gasteiger partial charge in [-0.1, -0.05) is 66.7 Å². The first kappa shape index (κ1) is 54.4. The van der Waals surface area contributed by atoms with Gasteiger partial charge in [0.05, 0.1) is 45.5 Å². The van der Waals surface area contributed by atoms with Crippen LogP contribution in [0, 0.1) is 0 Å². The number of para-hydroxylation sites is 6. The SMILES string of the molecule is ClCc1nc2cc(-c3nc4ccccc4o3)ccc2n1C1CCOCC1.OCc1nc2cc(-c3nc4ccccc4o3)ccc2n1C1CCOCC1.c1ccc(CNCc2nc3cc(-c4nc5ccccc5o4)ccc3n2C2CCOCC2)cc1. The van der Waals surface area contributed by atoms with Crippen molar-refractivity contribution in [1.29, 1.82) is 0 Å². The molecule has 2 N–H and O–H groups in total. The fourth-order valence-corrected chi connectivity index (χ4v) is 12.3. The van der Waals surface area contributed by atoms with Gasteiger partial charge in [-0.25, -0.2) is 29.9 Å². The van der Waals surface area contributed by atoms with E-state index in [2.05, 4.69) is 87.5 Å². The van der Waals surface area contributed by atoms with Gasteiger partial charge in [0.2, 0.25) is 17.7 Å². The molecule has 0 atom stereocenters. The summed E-state index contributed by atoms with van der Waals surface area (Å²) in [5, 5.41) is 13.4. The predicted molar refractivity (Wildman–Crippen MR) is 328 cm³/mol. The highest BCUT2D eigenvalue weighted by atomic mass is 35.5. The third-order valence-corrected chi connectivity index (χ3v) is 16.5. The summed E-state index contributed by atoms with van der Waals surface area (Å²) < 4.78 is 41.2. The van der Waals surface area contributed by atoms with E-state index in [0.29, 0.717) is 54.0 Å². The number of aliphatic hydroxyl groups is 1. The number of hydrogen-bond acceptors (Lipinski definition) is 14. The maximum atomic E-state index is 9.79. The molecule has 430 valence electrons. The van der Waals surface area contributed by atoms with E-state index in [1.54, 1.807) is 0 Å². The summed E-state index contributed by atoms with van der Waals surface area (Å²) in [5.41, 5.74) is 15.0. The predicted octanol–water partition coefficient (Wildman–Crippen LogP) is 14.1. The highest BCUT2D eigenvalue weighted by Crippen LogP contribution is 2.36. The van der Waals surface area contributed by atoms with Crippen molar-refractivity contribution >= 4 is 78.0 Å². The van der Waals surface area contributed by atoms with Crippen LogP contribution in [0.4, 0.5) is 0 Å². The molecular weight excluding hydrogens is 1090 g/mol. The molecule has 0 bridgehead atoms. The molecule has 85 heavy (non-hydrogen) atoms. The maximum Gasteiger partial charge on any atom is 0.227 e. The number of alkyl halides is 1. The number of halogens is 1. The smallest absolute Gasteiger partial charge is 0.227 e. The Morgan fingerprint density at radius 2 is 0.765 bits per heavy atom. The van der Waals surface area contributed by atoms with Crippen LogP contribution in [-0.2, 0) is 39.8 Å². The minimum atomic E-state index is -0.0791. The van der Waals surface area contributed by atoms with Gasteiger partial charge in [0.25, 0.3) is 0 Å². The van der Waals surface area contributed by atoms with Crippen LogP contribution in [0.5, 0.6) is 0 Å². The number of rotatable bonds is 12. The van der Waals surface area contributed by atoms with Crippen molar-refractivity contribution in [3.63, 3.8) is 0 Å². The fraction of sp³-hybridized carbons (Fsp3) is 0.284. The summed E-state index contributed by atoms with van der Waals surface area (Å²) in [6.07, 6.45) is 5.86. The average molecular weight is 1160 g/mol. The Morgan fingerprint density at radius 3 is 1.16 bits per heavy atom. The lowest BCUT2D eigenvalue weighted by Crippen LogP contribution is -2.23. The van der Waals surface area contributed by atoms with E-state index in [1.807, 2.05) is 109 Å². The Kier molecular flexibility index (Phi) is 15.7. The Morgan fingerprint density at radius 1 is 0.400 bits per heavy atom.